The number of nitrogens with two attached hydrogens (primary N) is 1. The SMILES string of the molecule is COCCCN=C(NN)Nc1cnc2ccccc2c1. The second kappa shape index (κ2) is 7.42. The molecule has 0 fully saturated rings. The number of pyridine rings is 1. The molecule has 4 N–H and O–H groups in total. The second-order valence-corrected chi connectivity index (χ2v) is 4.26. The Bertz CT molecular complexity index is 585. The number of fused-ring (bicyclic) bond motifs is 1. The molecule has 6 nitrogen and oxygen atoms in total. The van der Waals surface area contributed by atoms with Crippen molar-refractivity contribution in [1.29, 1.82) is 0 Å². The number of ether oxygens (including phenoxy) is 1. The monoisotopic (exact) mass is 273 g/mol. The van der Waals surface area contributed by atoms with Gasteiger partial charge in [0.05, 0.1) is 17.4 Å². The van der Waals surface area contributed by atoms with Gasteiger partial charge in [-0.1, -0.05) is 18.2 Å². The van der Waals surface area contributed by atoms with E-state index in [0.717, 1.165) is 23.0 Å². The Labute approximate surface area is 118 Å². The zero-order valence-corrected chi connectivity index (χ0v) is 11.5. The van der Waals surface area contributed by atoms with Crippen LogP contribution in [0.25, 0.3) is 10.9 Å². The minimum absolute atomic E-state index is 0.512. The van der Waals surface area contributed by atoms with Gasteiger partial charge in [-0.3, -0.25) is 15.4 Å². The maximum absolute atomic E-state index is 5.45. The fourth-order valence-electron chi connectivity index (χ4n) is 1.80. The van der Waals surface area contributed by atoms with Crippen molar-refractivity contribution >= 4 is 22.5 Å². The Kier molecular flexibility index (Phi) is 5.28. The van der Waals surface area contributed by atoms with Gasteiger partial charge in [-0.15, -0.1) is 0 Å². The summed E-state index contributed by atoms with van der Waals surface area (Å²) in [6.45, 7) is 1.32. The highest BCUT2D eigenvalue weighted by Crippen LogP contribution is 2.15. The number of anilines is 1. The smallest absolute Gasteiger partial charge is 0.210 e. The third-order valence-electron chi connectivity index (χ3n) is 2.77. The van der Waals surface area contributed by atoms with Gasteiger partial charge in [0.1, 0.15) is 0 Å². The van der Waals surface area contributed by atoms with Crippen molar-refractivity contribution < 1.29 is 4.74 Å². The van der Waals surface area contributed by atoms with Crippen LogP contribution in [0.15, 0.2) is 41.5 Å². The molecule has 1 heterocycles. The Hall–Kier alpha value is -2.18. The Morgan fingerprint density at radius 1 is 1.40 bits per heavy atom. The number of hydrogen-bond acceptors (Lipinski definition) is 4. The number of rotatable bonds is 5. The maximum Gasteiger partial charge on any atom is 0.210 e. The standard InChI is InChI=1S/C14H19N5O/c1-20-8-4-7-16-14(19-15)18-12-9-11-5-2-3-6-13(11)17-10-12/h2-3,5-6,9-10H,4,7-8,15H2,1H3,(H2,16,18,19). The molecule has 0 aliphatic rings. The molecule has 0 unspecified atom stereocenters. The minimum Gasteiger partial charge on any atom is -0.385 e. The number of nitrogens with one attached hydrogen (secondary N) is 2. The van der Waals surface area contributed by atoms with Crippen LogP contribution in [0.2, 0.25) is 0 Å². The Morgan fingerprint density at radius 2 is 2.25 bits per heavy atom. The second-order valence-electron chi connectivity index (χ2n) is 4.26. The minimum atomic E-state index is 0.512. The number of guanidine groups is 1. The fraction of sp³-hybridized carbons (Fsp3) is 0.286. The fourth-order valence-corrected chi connectivity index (χ4v) is 1.80. The summed E-state index contributed by atoms with van der Waals surface area (Å²) in [5.41, 5.74) is 4.34. The van der Waals surface area contributed by atoms with E-state index in [2.05, 4.69) is 20.7 Å². The number of aliphatic imine (C=N–C) groups is 1. The van der Waals surface area contributed by atoms with Crippen molar-refractivity contribution in [2.24, 2.45) is 10.8 Å². The molecule has 0 radical (unpaired) electrons. The topological polar surface area (TPSA) is 84.6 Å². The molecule has 1 aromatic heterocycles. The van der Waals surface area contributed by atoms with E-state index in [1.54, 1.807) is 13.3 Å². The molecular formula is C14H19N5O. The van der Waals surface area contributed by atoms with E-state index in [-0.39, 0.29) is 0 Å². The van der Waals surface area contributed by atoms with Crippen molar-refractivity contribution in [3.05, 3.63) is 36.5 Å². The van der Waals surface area contributed by atoms with Crippen molar-refractivity contribution in [3.63, 3.8) is 0 Å². The van der Waals surface area contributed by atoms with E-state index < -0.39 is 0 Å². The molecule has 20 heavy (non-hydrogen) atoms. The lowest BCUT2D eigenvalue weighted by molar-refractivity contribution is 0.197. The molecular weight excluding hydrogens is 254 g/mol. The summed E-state index contributed by atoms with van der Waals surface area (Å²) >= 11 is 0. The molecule has 0 saturated heterocycles. The molecule has 0 aliphatic carbocycles. The van der Waals surface area contributed by atoms with Crippen LogP contribution in [0.5, 0.6) is 0 Å². The van der Waals surface area contributed by atoms with Crippen molar-refractivity contribution in [2.45, 2.75) is 6.42 Å². The zero-order chi connectivity index (χ0) is 14.2. The third-order valence-corrected chi connectivity index (χ3v) is 2.77. The summed E-state index contributed by atoms with van der Waals surface area (Å²) < 4.78 is 4.97. The predicted octanol–water partition coefficient (Wildman–Crippen LogP) is 1.50. The highest BCUT2D eigenvalue weighted by Gasteiger charge is 2.00. The Morgan fingerprint density at radius 3 is 3.05 bits per heavy atom. The first-order valence-corrected chi connectivity index (χ1v) is 6.45. The highest BCUT2D eigenvalue weighted by molar-refractivity contribution is 5.95. The van der Waals surface area contributed by atoms with E-state index in [0.29, 0.717) is 19.1 Å². The molecule has 0 saturated carbocycles. The lowest BCUT2D eigenvalue weighted by atomic mass is 10.2. The molecule has 2 rings (SSSR count). The summed E-state index contributed by atoms with van der Waals surface area (Å²) in [6, 6.07) is 9.93. The van der Waals surface area contributed by atoms with E-state index in [1.165, 1.54) is 0 Å². The zero-order valence-electron chi connectivity index (χ0n) is 11.5. The number of para-hydroxylation sites is 1. The first-order valence-electron chi connectivity index (χ1n) is 6.45. The van der Waals surface area contributed by atoms with Crippen LogP contribution in [0.4, 0.5) is 5.69 Å². The van der Waals surface area contributed by atoms with Crippen molar-refractivity contribution in [2.75, 3.05) is 25.6 Å². The van der Waals surface area contributed by atoms with Gasteiger partial charge in [0.2, 0.25) is 5.96 Å². The van der Waals surface area contributed by atoms with Crippen molar-refractivity contribution in [1.82, 2.24) is 10.4 Å². The van der Waals surface area contributed by atoms with Crippen LogP contribution in [0, 0.1) is 0 Å². The molecule has 6 heteroatoms. The van der Waals surface area contributed by atoms with Crippen LogP contribution in [0.3, 0.4) is 0 Å². The van der Waals surface area contributed by atoms with Gasteiger partial charge in [-0.25, -0.2) is 5.84 Å². The molecule has 0 spiro atoms. The normalized spacial score (nSPS) is 11.6. The number of methoxy groups -OCH3 is 1. The summed E-state index contributed by atoms with van der Waals surface area (Å²) in [7, 11) is 1.67. The van der Waals surface area contributed by atoms with Crippen LogP contribution in [-0.4, -0.2) is 31.2 Å². The van der Waals surface area contributed by atoms with E-state index in [1.807, 2.05) is 30.3 Å². The van der Waals surface area contributed by atoms with Crippen LogP contribution in [0.1, 0.15) is 6.42 Å². The molecule has 0 atom stereocenters. The van der Waals surface area contributed by atoms with Gasteiger partial charge in [-0.2, -0.15) is 0 Å². The molecule has 0 amide bonds. The molecule has 0 aliphatic heterocycles. The van der Waals surface area contributed by atoms with Crippen LogP contribution >= 0.6 is 0 Å². The van der Waals surface area contributed by atoms with Gasteiger partial charge < -0.3 is 10.1 Å². The average Bonchev–Trinajstić information content (AvgIpc) is 2.50. The van der Waals surface area contributed by atoms with Crippen LogP contribution < -0.4 is 16.6 Å². The summed E-state index contributed by atoms with van der Waals surface area (Å²) in [6.07, 6.45) is 2.60. The summed E-state index contributed by atoms with van der Waals surface area (Å²) in [4.78, 5) is 8.69. The average molecular weight is 273 g/mol. The van der Waals surface area contributed by atoms with Gasteiger partial charge in [0, 0.05) is 25.6 Å². The molecule has 0 bridgehead atoms. The Balaban J connectivity index is 2.05. The molecule has 1 aromatic carbocycles. The van der Waals surface area contributed by atoms with Gasteiger partial charge in [0.25, 0.3) is 0 Å². The lowest BCUT2D eigenvalue weighted by Gasteiger charge is -2.09. The van der Waals surface area contributed by atoms with E-state index in [4.69, 9.17) is 10.6 Å². The number of hydrogen-bond donors (Lipinski definition) is 3. The number of benzene rings is 1. The van der Waals surface area contributed by atoms with Gasteiger partial charge in [-0.05, 0) is 18.6 Å². The largest absolute Gasteiger partial charge is 0.385 e. The molecule has 106 valence electrons. The van der Waals surface area contributed by atoms with Crippen molar-refractivity contribution in [3.8, 4) is 0 Å². The van der Waals surface area contributed by atoms with E-state index in [9.17, 15) is 0 Å². The molecule has 2 aromatic rings. The predicted molar refractivity (Wildman–Crippen MR) is 81.5 cm³/mol. The van der Waals surface area contributed by atoms with E-state index >= 15 is 0 Å². The quantitative estimate of drug-likeness (QED) is 0.253. The van der Waals surface area contributed by atoms with Gasteiger partial charge in [0.15, 0.2) is 0 Å². The summed E-state index contributed by atoms with van der Waals surface area (Å²) in [5.74, 6) is 5.97. The van der Waals surface area contributed by atoms with Crippen LogP contribution in [-0.2, 0) is 4.74 Å². The maximum atomic E-state index is 5.45. The van der Waals surface area contributed by atoms with Gasteiger partial charge >= 0.3 is 0 Å². The highest BCUT2D eigenvalue weighted by atomic mass is 16.5. The first-order chi connectivity index (χ1) is 9.83. The first kappa shape index (κ1) is 14.2. The number of aromatic nitrogens is 1. The third kappa shape index (κ3) is 3.91. The lowest BCUT2D eigenvalue weighted by Crippen LogP contribution is -2.36. The number of hydrazine groups is 1. The summed E-state index contributed by atoms with van der Waals surface area (Å²) in [5, 5.41) is 4.17. The number of nitrogens with zero attached hydrogens (tertiary/aromatic N) is 2.